The number of rotatable bonds is 7. The Morgan fingerprint density at radius 2 is 1.71 bits per heavy atom. The maximum absolute atomic E-state index is 3.82. The van der Waals surface area contributed by atoms with E-state index in [1.54, 1.807) is 0 Å². The van der Waals surface area contributed by atoms with Crippen molar-refractivity contribution < 1.29 is 0 Å². The zero-order valence-corrected chi connectivity index (χ0v) is 14.2. The monoisotopic (exact) mass is 287 g/mol. The van der Waals surface area contributed by atoms with E-state index in [9.17, 15) is 0 Å². The fourth-order valence-corrected chi connectivity index (χ4v) is 3.56. The molecule has 0 bridgehead atoms. The van der Waals surface area contributed by atoms with Crippen molar-refractivity contribution in [2.24, 2.45) is 5.92 Å². The van der Waals surface area contributed by atoms with Crippen LogP contribution in [-0.2, 0) is 6.42 Å². The molecule has 1 fully saturated rings. The van der Waals surface area contributed by atoms with E-state index < -0.39 is 0 Å². The molecule has 0 aliphatic heterocycles. The highest BCUT2D eigenvalue weighted by atomic mass is 14.9. The Kier molecular flexibility index (Phi) is 6.76. The van der Waals surface area contributed by atoms with Crippen molar-refractivity contribution in [3.63, 3.8) is 0 Å². The van der Waals surface area contributed by atoms with Crippen LogP contribution in [0, 0.1) is 5.92 Å². The van der Waals surface area contributed by atoms with Gasteiger partial charge in [-0.1, -0.05) is 64.3 Å². The Morgan fingerprint density at radius 1 is 1.05 bits per heavy atom. The molecule has 0 aromatic heterocycles. The van der Waals surface area contributed by atoms with Crippen molar-refractivity contribution in [2.45, 2.75) is 77.7 Å². The molecule has 0 radical (unpaired) electrons. The van der Waals surface area contributed by atoms with Crippen molar-refractivity contribution in [3.05, 3.63) is 35.4 Å². The van der Waals surface area contributed by atoms with E-state index in [-0.39, 0.29) is 0 Å². The van der Waals surface area contributed by atoms with Gasteiger partial charge in [-0.3, -0.25) is 0 Å². The van der Waals surface area contributed by atoms with Crippen LogP contribution in [0.15, 0.2) is 24.3 Å². The van der Waals surface area contributed by atoms with Crippen LogP contribution in [0.1, 0.15) is 76.3 Å². The van der Waals surface area contributed by atoms with Gasteiger partial charge in [-0.15, -0.1) is 0 Å². The first kappa shape index (κ1) is 16.5. The first-order valence-electron chi connectivity index (χ1n) is 9.03. The molecular formula is C20H33N. The third-order valence-electron chi connectivity index (χ3n) is 4.98. The van der Waals surface area contributed by atoms with E-state index in [1.165, 1.54) is 56.1 Å². The minimum atomic E-state index is 0.631. The van der Waals surface area contributed by atoms with Crippen LogP contribution < -0.4 is 5.32 Å². The molecule has 0 amide bonds. The second kappa shape index (κ2) is 8.58. The summed E-state index contributed by atoms with van der Waals surface area (Å²) in [7, 11) is 0. The summed E-state index contributed by atoms with van der Waals surface area (Å²) in [5.41, 5.74) is 2.95. The molecule has 1 aromatic rings. The lowest BCUT2D eigenvalue weighted by Crippen LogP contribution is -2.39. The molecule has 0 spiro atoms. The van der Waals surface area contributed by atoms with Crippen LogP contribution in [-0.4, -0.2) is 12.6 Å². The summed E-state index contributed by atoms with van der Waals surface area (Å²) in [5.74, 6) is 1.52. The minimum Gasteiger partial charge on any atom is -0.313 e. The van der Waals surface area contributed by atoms with Gasteiger partial charge in [0.15, 0.2) is 0 Å². The van der Waals surface area contributed by atoms with Crippen LogP contribution in [0.4, 0.5) is 0 Å². The largest absolute Gasteiger partial charge is 0.313 e. The summed E-state index contributed by atoms with van der Waals surface area (Å²) in [4.78, 5) is 0. The summed E-state index contributed by atoms with van der Waals surface area (Å²) in [5, 5.41) is 3.82. The van der Waals surface area contributed by atoms with Gasteiger partial charge in [0, 0.05) is 6.04 Å². The second-order valence-electron chi connectivity index (χ2n) is 7.06. The molecule has 1 unspecified atom stereocenters. The van der Waals surface area contributed by atoms with E-state index in [0.717, 1.165) is 12.5 Å². The van der Waals surface area contributed by atoms with Crippen molar-refractivity contribution in [2.75, 3.05) is 6.54 Å². The Morgan fingerprint density at radius 3 is 2.29 bits per heavy atom. The molecule has 1 aromatic carbocycles. The highest BCUT2D eigenvalue weighted by Gasteiger charge is 2.23. The average molecular weight is 287 g/mol. The van der Waals surface area contributed by atoms with Crippen molar-refractivity contribution in [3.8, 4) is 0 Å². The van der Waals surface area contributed by atoms with Crippen LogP contribution >= 0.6 is 0 Å². The summed E-state index contributed by atoms with van der Waals surface area (Å²) in [6, 6.07) is 10.0. The molecule has 2 rings (SSSR count). The first-order chi connectivity index (χ1) is 10.2. The first-order valence-corrected chi connectivity index (χ1v) is 9.03. The normalized spacial score (nSPS) is 18.1. The molecule has 1 aliphatic carbocycles. The van der Waals surface area contributed by atoms with Crippen molar-refractivity contribution in [1.29, 1.82) is 0 Å². The summed E-state index contributed by atoms with van der Waals surface area (Å²) in [6.45, 7) is 7.96. The fourth-order valence-electron chi connectivity index (χ4n) is 3.56. The Bertz CT molecular complexity index is 387. The minimum absolute atomic E-state index is 0.631. The lowest BCUT2D eigenvalue weighted by Gasteiger charge is -2.31. The molecule has 118 valence electrons. The molecular weight excluding hydrogens is 254 g/mol. The number of hydrogen-bond acceptors (Lipinski definition) is 1. The van der Waals surface area contributed by atoms with Gasteiger partial charge in [0.1, 0.15) is 0 Å². The molecule has 1 heteroatoms. The van der Waals surface area contributed by atoms with E-state index in [4.69, 9.17) is 0 Å². The van der Waals surface area contributed by atoms with Crippen LogP contribution in [0.5, 0.6) is 0 Å². The van der Waals surface area contributed by atoms with Gasteiger partial charge in [0.05, 0.1) is 0 Å². The molecule has 1 atom stereocenters. The van der Waals surface area contributed by atoms with E-state index >= 15 is 0 Å². The Balaban J connectivity index is 1.99. The van der Waals surface area contributed by atoms with Crippen LogP contribution in [0.25, 0.3) is 0 Å². The third kappa shape index (κ3) is 5.14. The summed E-state index contributed by atoms with van der Waals surface area (Å²) < 4.78 is 0. The number of nitrogens with one attached hydrogen (secondary N) is 1. The van der Waals surface area contributed by atoms with Crippen molar-refractivity contribution >= 4 is 0 Å². The molecule has 1 nitrogen and oxygen atoms in total. The topological polar surface area (TPSA) is 12.0 Å². The summed E-state index contributed by atoms with van der Waals surface area (Å²) >= 11 is 0. The highest BCUT2D eigenvalue weighted by Crippen LogP contribution is 2.28. The van der Waals surface area contributed by atoms with Gasteiger partial charge in [-0.25, -0.2) is 0 Å². The maximum Gasteiger partial charge on any atom is 0.0136 e. The number of benzene rings is 1. The summed E-state index contributed by atoms with van der Waals surface area (Å²) in [6.07, 6.45) is 9.58. The smallest absolute Gasteiger partial charge is 0.0136 e. The SMILES string of the molecule is CCCNC(Cc1ccc(C(C)C)cc1)C1CCCCC1. The van der Waals surface area contributed by atoms with Gasteiger partial charge in [-0.2, -0.15) is 0 Å². The lowest BCUT2D eigenvalue weighted by molar-refractivity contribution is 0.267. The van der Waals surface area contributed by atoms with Crippen LogP contribution in [0.2, 0.25) is 0 Å². The molecule has 0 saturated heterocycles. The predicted octanol–water partition coefficient (Wildman–Crippen LogP) is 5.30. The van der Waals surface area contributed by atoms with E-state index in [1.807, 2.05) is 0 Å². The van der Waals surface area contributed by atoms with Gasteiger partial charge in [-0.05, 0) is 55.2 Å². The van der Waals surface area contributed by atoms with E-state index in [2.05, 4.69) is 50.4 Å². The van der Waals surface area contributed by atoms with Gasteiger partial charge >= 0.3 is 0 Å². The molecule has 1 aliphatic rings. The van der Waals surface area contributed by atoms with Crippen LogP contribution in [0.3, 0.4) is 0 Å². The Labute approximate surface area is 131 Å². The molecule has 1 saturated carbocycles. The zero-order chi connectivity index (χ0) is 15.1. The van der Waals surface area contributed by atoms with Crippen molar-refractivity contribution in [1.82, 2.24) is 5.32 Å². The van der Waals surface area contributed by atoms with E-state index in [0.29, 0.717) is 12.0 Å². The predicted molar refractivity (Wildman–Crippen MR) is 92.9 cm³/mol. The fraction of sp³-hybridized carbons (Fsp3) is 0.700. The van der Waals surface area contributed by atoms with Gasteiger partial charge in [0.25, 0.3) is 0 Å². The zero-order valence-electron chi connectivity index (χ0n) is 14.2. The number of hydrogen-bond donors (Lipinski definition) is 1. The average Bonchev–Trinajstić information content (AvgIpc) is 2.52. The molecule has 0 heterocycles. The second-order valence-corrected chi connectivity index (χ2v) is 7.06. The standard InChI is InChI=1S/C20H33N/c1-4-14-21-20(19-8-6-5-7-9-19)15-17-10-12-18(13-11-17)16(2)3/h10-13,16,19-21H,4-9,14-15H2,1-3H3. The third-order valence-corrected chi connectivity index (χ3v) is 4.98. The maximum atomic E-state index is 3.82. The highest BCUT2D eigenvalue weighted by molar-refractivity contribution is 5.25. The molecule has 1 N–H and O–H groups in total. The quantitative estimate of drug-likeness (QED) is 0.717. The van der Waals surface area contributed by atoms with Gasteiger partial charge in [0.2, 0.25) is 0 Å². The van der Waals surface area contributed by atoms with Gasteiger partial charge < -0.3 is 5.32 Å². The Hall–Kier alpha value is -0.820. The lowest BCUT2D eigenvalue weighted by atomic mass is 9.81. The molecule has 21 heavy (non-hydrogen) atoms.